The lowest BCUT2D eigenvalue weighted by atomic mass is 10.1. The van der Waals surface area contributed by atoms with Crippen LogP contribution in [0.1, 0.15) is 49.0 Å². The molecule has 0 N–H and O–H groups in total. The largest absolute Gasteiger partial charge is 0.473 e. The molecule has 3 rings (SSSR count). The number of nitrogens with zero attached hydrogens (tertiary/aromatic N) is 5. The molecule has 2 aromatic rings. The highest BCUT2D eigenvalue weighted by Gasteiger charge is 2.24. The lowest BCUT2D eigenvalue weighted by Crippen LogP contribution is -2.38. The molecule has 1 aliphatic rings. The van der Waals surface area contributed by atoms with Crippen LogP contribution in [0.25, 0.3) is 0 Å². The molecule has 3 heterocycles. The molecule has 2 aromatic heterocycles. The van der Waals surface area contributed by atoms with Crippen molar-refractivity contribution in [2.24, 2.45) is 0 Å². The van der Waals surface area contributed by atoms with Gasteiger partial charge in [0.2, 0.25) is 11.0 Å². The number of ether oxygens (including phenoxy) is 1. The molecule has 23 heavy (non-hydrogen) atoms. The van der Waals surface area contributed by atoms with Crippen molar-refractivity contribution in [2.45, 2.75) is 52.6 Å². The van der Waals surface area contributed by atoms with Crippen LogP contribution in [0.2, 0.25) is 0 Å². The fraction of sp³-hybridized carbons (Fsp3) is 0.625. The van der Waals surface area contributed by atoms with Gasteiger partial charge in [-0.1, -0.05) is 25.2 Å². The van der Waals surface area contributed by atoms with Gasteiger partial charge in [0, 0.05) is 38.0 Å². The minimum Gasteiger partial charge on any atom is -0.473 e. The van der Waals surface area contributed by atoms with Crippen molar-refractivity contribution >= 4 is 16.5 Å². The summed E-state index contributed by atoms with van der Waals surface area (Å²) in [5, 5.41) is 10.7. The van der Waals surface area contributed by atoms with Crippen LogP contribution in [-0.2, 0) is 0 Å². The zero-order valence-corrected chi connectivity index (χ0v) is 14.9. The van der Waals surface area contributed by atoms with E-state index in [9.17, 15) is 0 Å². The van der Waals surface area contributed by atoms with Crippen molar-refractivity contribution in [3.8, 4) is 5.88 Å². The summed E-state index contributed by atoms with van der Waals surface area (Å²) in [6.45, 7) is 10.0. The molecule has 1 aliphatic heterocycles. The number of anilines is 1. The molecule has 0 unspecified atom stereocenters. The maximum Gasteiger partial charge on any atom is 0.235 e. The van der Waals surface area contributed by atoms with E-state index in [0.717, 1.165) is 47.5 Å². The topological polar surface area (TPSA) is 64.0 Å². The molecule has 0 radical (unpaired) electrons. The Labute approximate surface area is 140 Å². The predicted octanol–water partition coefficient (Wildman–Crippen LogP) is 3.12. The molecule has 0 aliphatic carbocycles. The Bertz CT molecular complexity index is 664. The molecule has 6 nitrogen and oxygen atoms in total. The molecule has 0 atom stereocenters. The standard InChI is InChI=1S/C16H23N5OS/c1-10(2)15-19-20-16(23-15)21-7-5-13(6-8-21)22-14-12(4)17-9-11(3)18-14/h9-10,13H,5-8H2,1-4H3. The second-order valence-corrected chi connectivity index (χ2v) is 7.27. The van der Waals surface area contributed by atoms with Crippen LogP contribution in [0.5, 0.6) is 5.88 Å². The van der Waals surface area contributed by atoms with Crippen LogP contribution >= 0.6 is 11.3 Å². The normalized spacial score (nSPS) is 16.1. The summed E-state index contributed by atoms with van der Waals surface area (Å²) in [5.74, 6) is 1.10. The summed E-state index contributed by atoms with van der Waals surface area (Å²) in [4.78, 5) is 11.1. The average molecular weight is 333 g/mol. The van der Waals surface area contributed by atoms with Crippen molar-refractivity contribution in [3.63, 3.8) is 0 Å². The summed E-state index contributed by atoms with van der Waals surface area (Å²) in [7, 11) is 0. The van der Waals surface area contributed by atoms with E-state index < -0.39 is 0 Å². The summed E-state index contributed by atoms with van der Waals surface area (Å²) >= 11 is 1.70. The van der Waals surface area contributed by atoms with E-state index >= 15 is 0 Å². The lowest BCUT2D eigenvalue weighted by Gasteiger charge is -2.31. The number of hydrogen-bond donors (Lipinski definition) is 0. The third-order valence-corrected chi connectivity index (χ3v) is 5.23. The summed E-state index contributed by atoms with van der Waals surface area (Å²) in [5.41, 5.74) is 1.74. The Morgan fingerprint density at radius 3 is 2.61 bits per heavy atom. The van der Waals surface area contributed by atoms with Crippen molar-refractivity contribution in [1.82, 2.24) is 20.2 Å². The van der Waals surface area contributed by atoms with E-state index in [1.54, 1.807) is 17.5 Å². The van der Waals surface area contributed by atoms with Crippen LogP contribution in [0.3, 0.4) is 0 Å². The number of hydrogen-bond acceptors (Lipinski definition) is 7. The van der Waals surface area contributed by atoms with E-state index in [1.165, 1.54) is 0 Å². The van der Waals surface area contributed by atoms with Crippen molar-refractivity contribution in [2.75, 3.05) is 18.0 Å². The Hall–Kier alpha value is -1.76. The van der Waals surface area contributed by atoms with Gasteiger partial charge in [0.25, 0.3) is 0 Å². The molecular weight excluding hydrogens is 310 g/mol. The molecule has 1 saturated heterocycles. The minimum atomic E-state index is 0.193. The monoisotopic (exact) mass is 333 g/mol. The molecule has 7 heteroatoms. The van der Waals surface area contributed by atoms with Gasteiger partial charge in [0.1, 0.15) is 11.1 Å². The highest BCUT2D eigenvalue weighted by atomic mass is 32.1. The highest BCUT2D eigenvalue weighted by Crippen LogP contribution is 2.28. The predicted molar refractivity (Wildman–Crippen MR) is 91.4 cm³/mol. The Morgan fingerprint density at radius 2 is 1.96 bits per heavy atom. The maximum absolute atomic E-state index is 6.06. The first-order valence-corrected chi connectivity index (χ1v) is 8.90. The Balaban J connectivity index is 1.58. The zero-order valence-electron chi connectivity index (χ0n) is 14.1. The van der Waals surface area contributed by atoms with Gasteiger partial charge >= 0.3 is 0 Å². The highest BCUT2D eigenvalue weighted by molar-refractivity contribution is 7.15. The van der Waals surface area contributed by atoms with Crippen molar-refractivity contribution in [1.29, 1.82) is 0 Å². The van der Waals surface area contributed by atoms with Gasteiger partial charge in [0.05, 0.1) is 11.4 Å². The van der Waals surface area contributed by atoms with Crippen LogP contribution in [0.15, 0.2) is 6.20 Å². The third-order valence-electron chi connectivity index (χ3n) is 3.95. The summed E-state index contributed by atoms with van der Waals surface area (Å²) < 4.78 is 6.06. The molecule has 0 spiro atoms. The second-order valence-electron chi connectivity index (χ2n) is 6.28. The summed E-state index contributed by atoms with van der Waals surface area (Å²) in [6.07, 6.45) is 3.89. The first-order chi connectivity index (χ1) is 11.0. The van der Waals surface area contributed by atoms with E-state index in [-0.39, 0.29) is 6.10 Å². The van der Waals surface area contributed by atoms with E-state index in [1.807, 2.05) is 13.8 Å². The van der Waals surface area contributed by atoms with Crippen LogP contribution < -0.4 is 9.64 Å². The fourth-order valence-corrected chi connectivity index (χ4v) is 3.44. The van der Waals surface area contributed by atoms with Crippen molar-refractivity contribution < 1.29 is 4.74 Å². The van der Waals surface area contributed by atoms with Crippen molar-refractivity contribution in [3.05, 3.63) is 22.6 Å². The van der Waals surface area contributed by atoms with Gasteiger partial charge in [-0.2, -0.15) is 0 Å². The molecular formula is C16H23N5OS. The van der Waals surface area contributed by atoms with Gasteiger partial charge in [-0.05, 0) is 13.8 Å². The van der Waals surface area contributed by atoms with Gasteiger partial charge < -0.3 is 9.64 Å². The fourth-order valence-electron chi connectivity index (χ4n) is 2.54. The molecule has 124 valence electrons. The van der Waals surface area contributed by atoms with Crippen LogP contribution in [0, 0.1) is 13.8 Å². The number of piperidine rings is 1. The number of rotatable bonds is 4. The first kappa shape index (κ1) is 16.1. The van der Waals surface area contributed by atoms with Gasteiger partial charge in [0.15, 0.2) is 0 Å². The molecule has 0 amide bonds. The Kier molecular flexibility index (Phi) is 4.75. The SMILES string of the molecule is Cc1cnc(C)c(OC2CCN(c3nnc(C(C)C)s3)CC2)n1. The number of aryl methyl sites for hydroxylation is 2. The average Bonchev–Trinajstić information content (AvgIpc) is 3.02. The molecule has 0 aromatic carbocycles. The smallest absolute Gasteiger partial charge is 0.235 e. The van der Waals surface area contributed by atoms with Gasteiger partial charge in [-0.3, -0.25) is 4.98 Å². The second kappa shape index (κ2) is 6.78. The third kappa shape index (κ3) is 3.77. The van der Waals surface area contributed by atoms with Crippen LogP contribution in [-0.4, -0.2) is 39.4 Å². The Morgan fingerprint density at radius 1 is 1.22 bits per heavy atom. The molecule has 0 bridgehead atoms. The van der Waals surface area contributed by atoms with E-state index in [4.69, 9.17) is 4.74 Å². The molecule has 1 fully saturated rings. The minimum absolute atomic E-state index is 0.193. The molecule has 0 saturated carbocycles. The quantitative estimate of drug-likeness (QED) is 0.856. The van der Waals surface area contributed by atoms with Crippen LogP contribution in [0.4, 0.5) is 5.13 Å². The van der Waals surface area contributed by atoms with Gasteiger partial charge in [-0.15, -0.1) is 10.2 Å². The zero-order chi connectivity index (χ0) is 16.4. The first-order valence-electron chi connectivity index (χ1n) is 8.08. The van der Waals surface area contributed by atoms with Gasteiger partial charge in [-0.25, -0.2) is 4.98 Å². The van der Waals surface area contributed by atoms with E-state index in [0.29, 0.717) is 11.8 Å². The maximum atomic E-state index is 6.06. The number of aromatic nitrogens is 4. The summed E-state index contributed by atoms with van der Waals surface area (Å²) in [6, 6.07) is 0. The lowest BCUT2D eigenvalue weighted by molar-refractivity contribution is 0.161. The van der Waals surface area contributed by atoms with E-state index in [2.05, 4.69) is 38.9 Å².